The smallest absolute Gasteiger partial charge is 0.307 e. The molecule has 0 aromatic heterocycles. The number of carboxylic acid groups (broad SMARTS) is 2. The maximum Gasteiger partial charge on any atom is 0.307 e. The van der Waals surface area contributed by atoms with Gasteiger partial charge in [0, 0.05) is 0 Å². The van der Waals surface area contributed by atoms with Crippen molar-refractivity contribution in [2.45, 2.75) is 39.5 Å². The van der Waals surface area contributed by atoms with E-state index in [4.69, 9.17) is 10.2 Å². The lowest BCUT2D eigenvalue weighted by Crippen LogP contribution is -2.04. The van der Waals surface area contributed by atoms with E-state index in [0.29, 0.717) is 0 Å². The molecule has 2 aromatic rings. The van der Waals surface area contributed by atoms with Crippen molar-refractivity contribution in [2.24, 2.45) is 0 Å². The fourth-order valence-corrected chi connectivity index (χ4v) is 2.39. The fourth-order valence-electron chi connectivity index (χ4n) is 2.39. The van der Waals surface area contributed by atoms with Gasteiger partial charge in [0.1, 0.15) is 0 Å². The van der Waals surface area contributed by atoms with Crippen LogP contribution in [-0.4, -0.2) is 22.2 Å². The number of aryl methyl sites for hydroxylation is 2. The molecule has 2 aromatic carbocycles. The largest absolute Gasteiger partial charge is 0.481 e. The van der Waals surface area contributed by atoms with E-state index in [9.17, 15) is 9.59 Å². The van der Waals surface area contributed by atoms with Crippen molar-refractivity contribution < 1.29 is 19.8 Å². The van der Waals surface area contributed by atoms with Crippen LogP contribution in [0.2, 0.25) is 0 Å². The van der Waals surface area contributed by atoms with Crippen LogP contribution in [0.25, 0.3) is 0 Å². The van der Waals surface area contributed by atoms with E-state index < -0.39 is 11.9 Å². The van der Waals surface area contributed by atoms with Crippen LogP contribution < -0.4 is 0 Å². The van der Waals surface area contributed by atoms with Gasteiger partial charge >= 0.3 is 11.9 Å². The first-order chi connectivity index (χ1) is 11.3. The number of hydrogen-bond donors (Lipinski definition) is 2. The zero-order chi connectivity index (χ0) is 18.1. The molecule has 0 aliphatic rings. The lowest BCUT2D eigenvalue weighted by molar-refractivity contribution is -0.138. The van der Waals surface area contributed by atoms with Crippen LogP contribution in [0.4, 0.5) is 0 Å². The minimum absolute atomic E-state index is 0.0960. The third kappa shape index (κ3) is 7.09. The third-order valence-electron chi connectivity index (χ3n) is 3.68. The molecular weight excluding hydrogens is 304 g/mol. The summed E-state index contributed by atoms with van der Waals surface area (Å²) in [5, 5.41) is 17.1. The summed E-state index contributed by atoms with van der Waals surface area (Å²) in [4.78, 5) is 20.7. The first-order valence-corrected chi connectivity index (χ1v) is 7.84. The highest BCUT2D eigenvalue weighted by atomic mass is 16.4. The van der Waals surface area contributed by atoms with Crippen LogP contribution in [0.5, 0.6) is 0 Å². The molecule has 1 atom stereocenters. The number of rotatable bonds is 5. The number of hydrogen-bond acceptors (Lipinski definition) is 2. The molecule has 2 rings (SSSR count). The first-order valence-electron chi connectivity index (χ1n) is 7.84. The second-order valence-corrected chi connectivity index (χ2v) is 5.91. The van der Waals surface area contributed by atoms with Crippen LogP contribution in [0.3, 0.4) is 0 Å². The minimum atomic E-state index is -0.783. The Balaban J connectivity index is 0.000000243. The maximum absolute atomic E-state index is 10.5. The van der Waals surface area contributed by atoms with Crippen LogP contribution in [-0.2, 0) is 16.0 Å². The summed E-state index contributed by atoms with van der Waals surface area (Å²) >= 11 is 0. The molecule has 0 spiro atoms. The van der Waals surface area contributed by atoms with Crippen molar-refractivity contribution in [3.63, 3.8) is 0 Å². The molecule has 0 saturated heterocycles. The first kappa shape index (κ1) is 19.4. The standard InChI is InChI=1S/C11H14O2.C9H10O2/c1-8-5-3-4-6-10(8)9(2)7-11(12)13;1-7-2-4-8(5-3-7)6-9(10)11/h3-6,9H,7H2,1-2H3,(H,12,13);2-5H,6H2,1H3,(H,10,11). The average Bonchev–Trinajstić information content (AvgIpc) is 2.49. The average molecular weight is 328 g/mol. The predicted molar refractivity (Wildman–Crippen MR) is 94.4 cm³/mol. The van der Waals surface area contributed by atoms with Gasteiger partial charge in [-0.25, -0.2) is 0 Å². The van der Waals surface area contributed by atoms with E-state index in [0.717, 1.165) is 22.3 Å². The molecule has 2 N–H and O–H groups in total. The van der Waals surface area contributed by atoms with Gasteiger partial charge < -0.3 is 10.2 Å². The molecular formula is C20H24O4. The van der Waals surface area contributed by atoms with Gasteiger partial charge in [0.05, 0.1) is 12.8 Å². The van der Waals surface area contributed by atoms with Gasteiger partial charge in [0.25, 0.3) is 0 Å². The second-order valence-electron chi connectivity index (χ2n) is 5.91. The topological polar surface area (TPSA) is 74.6 Å². The molecule has 0 amide bonds. The number of carboxylic acids is 2. The van der Waals surface area contributed by atoms with Crippen molar-refractivity contribution >= 4 is 11.9 Å². The summed E-state index contributed by atoms with van der Waals surface area (Å²) in [6, 6.07) is 15.4. The Hall–Kier alpha value is -2.62. The van der Waals surface area contributed by atoms with Crippen molar-refractivity contribution in [1.82, 2.24) is 0 Å². The fraction of sp³-hybridized carbons (Fsp3) is 0.300. The Bertz CT molecular complexity index is 674. The molecule has 24 heavy (non-hydrogen) atoms. The molecule has 0 heterocycles. The lowest BCUT2D eigenvalue weighted by atomic mass is 9.94. The van der Waals surface area contributed by atoms with Crippen LogP contribution >= 0.6 is 0 Å². The Morgan fingerprint density at radius 3 is 2.00 bits per heavy atom. The quantitative estimate of drug-likeness (QED) is 0.863. The van der Waals surface area contributed by atoms with Crippen molar-refractivity contribution in [3.05, 3.63) is 70.8 Å². The molecule has 0 aliphatic carbocycles. The van der Waals surface area contributed by atoms with Gasteiger partial charge in [0.2, 0.25) is 0 Å². The third-order valence-corrected chi connectivity index (χ3v) is 3.68. The van der Waals surface area contributed by atoms with E-state index in [-0.39, 0.29) is 18.8 Å². The normalized spacial score (nSPS) is 11.1. The van der Waals surface area contributed by atoms with Crippen LogP contribution in [0.15, 0.2) is 48.5 Å². The van der Waals surface area contributed by atoms with Gasteiger partial charge in [-0.15, -0.1) is 0 Å². The van der Waals surface area contributed by atoms with Gasteiger partial charge in [-0.2, -0.15) is 0 Å². The molecule has 1 unspecified atom stereocenters. The summed E-state index contributed by atoms with van der Waals surface area (Å²) in [5.41, 5.74) is 4.29. The lowest BCUT2D eigenvalue weighted by Gasteiger charge is -2.11. The summed E-state index contributed by atoms with van der Waals surface area (Å²) in [5.74, 6) is -1.43. The zero-order valence-electron chi connectivity index (χ0n) is 14.3. The molecule has 4 heteroatoms. The highest BCUT2D eigenvalue weighted by Gasteiger charge is 2.11. The van der Waals surface area contributed by atoms with E-state index in [2.05, 4.69) is 0 Å². The molecule has 0 saturated carbocycles. The molecule has 0 radical (unpaired) electrons. The van der Waals surface area contributed by atoms with Gasteiger partial charge in [-0.05, 0) is 36.5 Å². The van der Waals surface area contributed by atoms with E-state index in [1.165, 1.54) is 0 Å². The van der Waals surface area contributed by atoms with Crippen molar-refractivity contribution in [3.8, 4) is 0 Å². The molecule has 128 valence electrons. The summed E-state index contributed by atoms with van der Waals surface area (Å²) in [6.07, 6.45) is 0.311. The summed E-state index contributed by atoms with van der Waals surface area (Å²) in [7, 11) is 0. The monoisotopic (exact) mass is 328 g/mol. The highest BCUT2D eigenvalue weighted by Crippen LogP contribution is 2.21. The Labute approximate surface area is 142 Å². The summed E-state index contributed by atoms with van der Waals surface area (Å²) < 4.78 is 0. The van der Waals surface area contributed by atoms with Crippen LogP contribution in [0.1, 0.15) is 41.5 Å². The number of benzene rings is 2. The van der Waals surface area contributed by atoms with Crippen molar-refractivity contribution in [1.29, 1.82) is 0 Å². The molecule has 0 fully saturated rings. The van der Waals surface area contributed by atoms with Crippen molar-refractivity contribution in [2.75, 3.05) is 0 Å². The van der Waals surface area contributed by atoms with Gasteiger partial charge in [-0.3, -0.25) is 9.59 Å². The minimum Gasteiger partial charge on any atom is -0.481 e. The number of carbonyl (C=O) groups is 2. The van der Waals surface area contributed by atoms with E-state index in [1.807, 2.05) is 69.3 Å². The van der Waals surface area contributed by atoms with Crippen LogP contribution in [0, 0.1) is 13.8 Å². The molecule has 0 aliphatic heterocycles. The van der Waals surface area contributed by atoms with E-state index in [1.54, 1.807) is 0 Å². The van der Waals surface area contributed by atoms with Gasteiger partial charge in [0.15, 0.2) is 0 Å². The maximum atomic E-state index is 10.5. The second kappa shape index (κ2) is 9.50. The summed E-state index contributed by atoms with van der Waals surface area (Å²) in [6.45, 7) is 5.93. The zero-order valence-corrected chi connectivity index (χ0v) is 14.3. The predicted octanol–water partition coefficient (Wildman–Crippen LogP) is 4.20. The Morgan fingerprint density at radius 1 is 0.917 bits per heavy atom. The molecule has 4 nitrogen and oxygen atoms in total. The van der Waals surface area contributed by atoms with Gasteiger partial charge in [-0.1, -0.05) is 61.0 Å². The molecule has 0 bridgehead atoms. The number of aliphatic carboxylic acids is 2. The SMILES string of the molecule is Cc1ccc(CC(=O)O)cc1.Cc1ccccc1C(C)CC(=O)O. The highest BCUT2D eigenvalue weighted by molar-refractivity contribution is 5.70. The Morgan fingerprint density at radius 2 is 1.50 bits per heavy atom. The Kier molecular flexibility index (Phi) is 7.69. The van der Waals surface area contributed by atoms with E-state index >= 15 is 0 Å².